The number of nitrogens with zero attached hydrogens (tertiary/aromatic N) is 2. The minimum absolute atomic E-state index is 0.0783. The molecule has 1 N–H and O–H groups in total. The fourth-order valence-electron chi connectivity index (χ4n) is 3.90. The third-order valence-corrected chi connectivity index (χ3v) is 5.57. The fraction of sp³-hybridized carbons (Fsp3) is 0.0833. The van der Waals surface area contributed by atoms with Crippen LogP contribution < -0.4 is 4.90 Å². The van der Waals surface area contributed by atoms with Crippen molar-refractivity contribution in [3.63, 3.8) is 0 Å². The number of halogens is 1. The number of carbonyl (C=O) groups excluding carboxylic acids is 1. The average molecular weight is 400 g/mol. The van der Waals surface area contributed by atoms with Crippen molar-refractivity contribution in [1.82, 2.24) is 10.2 Å². The van der Waals surface area contributed by atoms with Gasteiger partial charge in [-0.05, 0) is 36.8 Å². The van der Waals surface area contributed by atoms with Crippen LogP contribution in [0.1, 0.15) is 33.2 Å². The Morgan fingerprint density at radius 3 is 2.31 bits per heavy atom. The van der Waals surface area contributed by atoms with E-state index in [4.69, 9.17) is 11.6 Å². The summed E-state index contributed by atoms with van der Waals surface area (Å²) in [6.07, 6.45) is 0. The highest BCUT2D eigenvalue weighted by atomic mass is 35.5. The molecule has 5 rings (SSSR count). The van der Waals surface area contributed by atoms with Gasteiger partial charge in [0, 0.05) is 21.8 Å². The number of aromatic amines is 1. The maximum Gasteiger partial charge on any atom is 0.277 e. The molecular weight excluding hydrogens is 382 g/mol. The molecule has 29 heavy (non-hydrogen) atoms. The predicted molar refractivity (Wildman–Crippen MR) is 115 cm³/mol. The molecule has 1 aromatic heterocycles. The Hall–Kier alpha value is -3.37. The van der Waals surface area contributed by atoms with Gasteiger partial charge in [-0.1, -0.05) is 71.8 Å². The zero-order valence-electron chi connectivity index (χ0n) is 15.8. The van der Waals surface area contributed by atoms with Crippen molar-refractivity contribution in [2.45, 2.75) is 13.0 Å². The highest BCUT2D eigenvalue weighted by Gasteiger charge is 2.42. The molecule has 1 amide bonds. The zero-order valence-corrected chi connectivity index (χ0v) is 16.5. The highest BCUT2D eigenvalue weighted by molar-refractivity contribution is 6.30. The van der Waals surface area contributed by atoms with Gasteiger partial charge in [0.2, 0.25) is 0 Å². The summed E-state index contributed by atoms with van der Waals surface area (Å²) in [6, 6.07) is 25.4. The number of H-pyrrole nitrogens is 1. The quantitative estimate of drug-likeness (QED) is 0.474. The summed E-state index contributed by atoms with van der Waals surface area (Å²) in [6.45, 7) is 2.04. The lowest BCUT2D eigenvalue weighted by Gasteiger charge is -2.26. The van der Waals surface area contributed by atoms with Crippen LogP contribution in [0.4, 0.5) is 5.69 Å². The Kier molecular flexibility index (Phi) is 4.22. The molecule has 1 aliphatic rings. The number of anilines is 1. The van der Waals surface area contributed by atoms with Crippen molar-refractivity contribution >= 4 is 23.2 Å². The Bertz CT molecular complexity index is 1180. The molecule has 2 heterocycles. The summed E-state index contributed by atoms with van der Waals surface area (Å²) in [5.74, 6) is -0.0783. The van der Waals surface area contributed by atoms with Crippen LogP contribution in [0.15, 0.2) is 78.9 Å². The molecule has 142 valence electrons. The van der Waals surface area contributed by atoms with E-state index in [1.54, 1.807) is 0 Å². The molecule has 4 aromatic rings. The molecule has 0 unspecified atom stereocenters. The lowest BCUT2D eigenvalue weighted by molar-refractivity contribution is 0.0989. The lowest BCUT2D eigenvalue weighted by Crippen LogP contribution is -2.29. The number of nitrogens with one attached hydrogen (secondary N) is 1. The number of amides is 1. The second kappa shape index (κ2) is 6.90. The molecule has 3 aromatic carbocycles. The molecule has 0 spiro atoms. The van der Waals surface area contributed by atoms with Crippen LogP contribution in [0.3, 0.4) is 0 Å². The van der Waals surface area contributed by atoms with Gasteiger partial charge in [0.1, 0.15) is 5.69 Å². The zero-order chi connectivity index (χ0) is 20.0. The topological polar surface area (TPSA) is 49.0 Å². The van der Waals surface area contributed by atoms with Gasteiger partial charge in [-0.2, -0.15) is 5.10 Å². The number of aryl methyl sites for hydroxylation is 1. The number of hydrogen-bond donors (Lipinski definition) is 1. The van der Waals surface area contributed by atoms with Crippen molar-refractivity contribution in [3.8, 4) is 11.3 Å². The highest BCUT2D eigenvalue weighted by Crippen LogP contribution is 2.45. The Morgan fingerprint density at radius 1 is 0.931 bits per heavy atom. The number of hydrogen-bond acceptors (Lipinski definition) is 2. The average Bonchev–Trinajstić information content (AvgIpc) is 3.29. The second-order valence-corrected chi connectivity index (χ2v) is 7.63. The van der Waals surface area contributed by atoms with Crippen molar-refractivity contribution in [3.05, 3.63) is 106 Å². The molecule has 0 radical (unpaired) electrons. The first-order chi connectivity index (χ1) is 14.1. The lowest BCUT2D eigenvalue weighted by atomic mass is 9.96. The van der Waals surface area contributed by atoms with Crippen LogP contribution in [0, 0.1) is 6.92 Å². The summed E-state index contributed by atoms with van der Waals surface area (Å²) in [5.41, 5.74) is 6.17. The van der Waals surface area contributed by atoms with Crippen molar-refractivity contribution < 1.29 is 4.79 Å². The smallest absolute Gasteiger partial charge is 0.277 e. The molecule has 0 fully saturated rings. The van der Waals surface area contributed by atoms with Gasteiger partial charge in [0.25, 0.3) is 5.91 Å². The molecule has 1 aliphatic heterocycles. The molecule has 1 atom stereocenters. The van der Waals surface area contributed by atoms with Crippen LogP contribution in [-0.4, -0.2) is 16.1 Å². The van der Waals surface area contributed by atoms with E-state index < -0.39 is 0 Å². The number of carbonyl (C=O) groups is 1. The van der Waals surface area contributed by atoms with Crippen molar-refractivity contribution in [2.24, 2.45) is 0 Å². The van der Waals surface area contributed by atoms with Crippen LogP contribution >= 0.6 is 11.6 Å². The maximum atomic E-state index is 13.4. The number of benzene rings is 3. The van der Waals surface area contributed by atoms with E-state index in [9.17, 15) is 4.79 Å². The minimum atomic E-state index is -0.258. The SMILES string of the molecule is Cc1ccc(N2C(=O)c3[nH]nc(-c4ccc(Cl)cc4)c3[C@H]2c2ccccc2)cc1. The fourth-order valence-corrected chi connectivity index (χ4v) is 4.02. The number of rotatable bonds is 3. The third kappa shape index (κ3) is 2.93. The summed E-state index contributed by atoms with van der Waals surface area (Å²) >= 11 is 6.06. The Morgan fingerprint density at radius 2 is 1.62 bits per heavy atom. The Labute approximate surface area is 173 Å². The molecule has 0 saturated carbocycles. The second-order valence-electron chi connectivity index (χ2n) is 7.19. The van der Waals surface area contributed by atoms with E-state index in [1.807, 2.05) is 90.7 Å². The third-order valence-electron chi connectivity index (χ3n) is 5.31. The van der Waals surface area contributed by atoms with Crippen LogP contribution in [0.2, 0.25) is 5.02 Å². The molecule has 0 aliphatic carbocycles. The first-order valence-electron chi connectivity index (χ1n) is 9.43. The van der Waals surface area contributed by atoms with Crippen molar-refractivity contribution in [1.29, 1.82) is 0 Å². The van der Waals surface area contributed by atoms with Gasteiger partial charge < -0.3 is 0 Å². The predicted octanol–water partition coefficient (Wildman–Crippen LogP) is 5.79. The van der Waals surface area contributed by atoms with Crippen molar-refractivity contribution in [2.75, 3.05) is 4.90 Å². The normalized spacial score (nSPS) is 15.6. The summed E-state index contributed by atoms with van der Waals surface area (Å²) in [5, 5.41) is 8.14. The van der Waals surface area contributed by atoms with E-state index in [0.29, 0.717) is 10.7 Å². The van der Waals surface area contributed by atoms with Gasteiger partial charge >= 0.3 is 0 Å². The van der Waals surface area contributed by atoms with E-state index >= 15 is 0 Å². The van der Waals surface area contributed by atoms with Crippen LogP contribution in [-0.2, 0) is 0 Å². The first kappa shape index (κ1) is 17.7. The summed E-state index contributed by atoms with van der Waals surface area (Å²) in [4.78, 5) is 15.2. The molecule has 0 bridgehead atoms. The number of aromatic nitrogens is 2. The minimum Gasteiger partial charge on any atom is -0.295 e. The van der Waals surface area contributed by atoms with E-state index in [-0.39, 0.29) is 11.9 Å². The largest absolute Gasteiger partial charge is 0.295 e. The first-order valence-corrected chi connectivity index (χ1v) is 9.80. The molecular formula is C24H18ClN3O. The van der Waals surface area contributed by atoms with Gasteiger partial charge in [0.15, 0.2) is 0 Å². The Balaban J connectivity index is 1.71. The molecule has 4 nitrogen and oxygen atoms in total. The molecule has 0 saturated heterocycles. The van der Waals surface area contributed by atoms with E-state index in [0.717, 1.165) is 33.6 Å². The monoisotopic (exact) mass is 399 g/mol. The van der Waals surface area contributed by atoms with Crippen LogP contribution in [0.5, 0.6) is 0 Å². The van der Waals surface area contributed by atoms with Gasteiger partial charge in [-0.25, -0.2) is 0 Å². The summed E-state index contributed by atoms with van der Waals surface area (Å²) < 4.78 is 0. The van der Waals surface area contributed by atoms with Gasteiger partial charge in [0.05, 0.1) is 11.7 Å². The molecule has 5 heteroatoms. The van der Waals surface area contributed by atoms with Crippen LogP contribution in [0.25, 0.3) is 11.3 Å². The standard InChI is InChI=1S/C24H18ClN3O/c1-15-7-13-19(14-8-15)28-23(17-5-3-2-4-6-17)20-21(26-27-22(20)24(28)29)16-9-11-18(25)12-10-16/h2-14,23H,1H3,(H,26,27)/t23-/m1/s1. The summed E-state index contributed by atoms with van der Waals surface area (Å²) in [7, 11) is 0. The maximum absolute atomic E-state index is 13.4. The number of fused-ring (bicyclic) bond motifs is 1. The van der Waals surface area contributed by atoms with E-state index in [2.05, 4.69) is 10.2 Å². The van der Waals surface area contributed by atoms with Gasteiger partial charge in [-0.15, -0.1) is 0 Å². The van der Waals surface area contributed by atoms with Gasteiger partial charge in [-0.3, -0.25) is 14.8 Å². The van der Waals surface area contributed by atoms with E-state index in [1.165, 1.54) is 0 Å².